The van der Waals surface area contributed by atoms with Gasteiger partial charge in [-0.05, 0) is 55.3 Å². The summed E-state index contributed by atoms with van der Waals surface area (Å²) in [5, 5.41) is 17.3. The molecule has 6 rings (SSSR count). The number of benzene rings is 1. The van der Waals surface area contributed by atoms with Crippen LogP contribution in [0.1, 0.15) is 36.7 Å². The number of aromatic nitrogens is 2. The second-order valence-corrected chi connectivity index (χ2v) is 9.47. The quantitative estimate of drug-likeness (QED) is 0.679. The van der Waals surface area contributed by atoms with E-state index in [0.29, 0.717) is 23.8 Å². The minimum absolute atomic E-state index is 0.392. The molecule has 7 heteroatoms. The zero-order valence-corrected chi connectivity index (χ0v) is 18.7. The van der Waals surface area contributed by atoms with E-state index in [4.69, 9.17) is 0 Å². The lowest BCUT2D eigenvalue weighted by Crippen LogP contribution is -2.51. The molecular weight excluding hydrogens is 398 g/mol. The summed E-state index contributed by atoms with van der Waals surface area (Å²) in [6, 6.07) is 16.7. The topological polar surface area (TPSA) is 62.8 Å². The van der Waals surface area contributed by atoms with Gasteiger partial charge in [0.1, 0.15) is 11.8 Å². The van der Waals surface area contributed by atoms with Crippen molar-refractivity contribution in [2.45, 2.75) is 38.5 Å². The second kappa shape index (κ2) is 7.51. The van der Waals surface area contributed by atoms with E-state index < -0.39 is 0 Å². The molecule has 5 heterocycles. The Morgan fingerprint density at radius 3 is 2.81 bits per heavy atom. The number of nitrogens with zero attached hydrogens (tertiary/aromatic N) is 6. The molecular formula is C25H29N7. The summed E-state index contributed by atoms with van der Waals surface area (Å²) in [4.78, 5) is 7.65. The smallest absolute Gasteiger partial charge is 0.142 e. The Labute approximate surface area is 188 Å². The first kappa shape index (κ1) is 19.6. The highest BCUT2D eigenvalue weighted by Crippen LogP contribution is 2.41. The van der Waals surface area contributed by atoms with E-state index in [0.717, 1.165) is 50.5 Å². The molecule has 7 nitrogen and oxygen atoms in total. The first-order chi connectivity index (χ1) is 15.6. The van der Waals surface area contributed by atoms with E-state index >= 15 is 0 Å². The Morgan fingerprint density at radius 2 is 1.97 bits per heavy atom. The molecule has 0 aliphatic carbocycles. The van der Waals surface area contributed by atoms with Gasteiger partial charge >= 0.3 is 0 Å². The number of hydrogen-bond donors (Lipinski definition) is 1. The maximum atomic E-state index is 9.42. The van der Waals surface area contributed by atoms with Crippen LogP contribution in [0.2, 0.25) is 0 Å². The van der Waals surface area contributed by atoms with E-state index in [1.54, 1.807) is 10.7 Å². The van der Waals surface area contributed by atoms with Crippen molar-refractivity contribution in [3.05, 3.63) is 59.4 Å². The van der Waals surface area contributed by atoms with Gasteiger partial charge in [0.2, 0.25) is 0 Å². The summed E-state index contributed by atoms with van der Waals surface area (Å²) in [6.07, 6.45) is 1.78. The molecule has 1 N–H and O–H groups in total. The lowest BCUT2D eigenvalue weighted by molar-refractivity contribution is 0.134. The normalized spacial score (nSPS) is 25.6. The predicted octanol–water partition coefficient (Wildman–Crippen LogP) is 2.77. The SMILES string of the molecule is C[C@@H]1CN(c2ccc3c(c2)CN2[C@H](C)CN(c4ccc(C#N)n5nccc45)C[C@H]32)CCN1. The van der Waals surface area contributed by atoms with Crippen molar-refractivity contribution in [3.63, 3.8) is 0 Å². The fraction of sp³-hybridized carbons (Fsp3) is 0.440. The lowest BCUT2D eigenvalue weighted by Gasteiger charge is -2.43. The highest BCUT2D eigenvalue weighted by atomic mass is 15.3. The molecule has 164 valence electrons. The molecule has 0 spiro atoms. The largest absolute Gasteiger partial charge is 0.369 e. The van der Waals surface area contributed by atoms with Gasteiger partial charge in [-0.3, -0.25) is 4.90 Å². The molecule has 0 saturated carbocycles. The standard InChI is InChI=1S/C25H29N7/c1-17-13-29(10-9-27-17)20-3-5-22-19(11-20)15-31-18(2)14-30(16-25(22)31)23-6-4-21(12-26)32-24(23)7-8-28-32/h3-8,11,17-18,25,27H,9-10,13-16H2,1-2H3/t17-,18-,25-/m1/s1. The monoisotopic (exact) mass is 427 g/mol. The molecule has 3 aromatic rings. The fourth-order valence-electron chi connectivity index (χ4n) is 5.83. The van der Waals surface area contributed by atoms with E-state index in [1.807, 2.05) is 12.1 Å². The fourth-order valence-corrected chi connectivity index (χ4v) is 5.83. The van der Waals surface area contributed by atoms with Crippen LogP contribution in [-0.4, -0.2) is 59.3 Å². The highest BCUT2D eigenvalue weighted by molar-refractivity contribution is 5.74. The van der Waals surface area contributed by atoms with Gasteiger partial charge in [0, 0.05) is 57.0 Å². The van der Waals surface area contributed by atoms with Gasteiger partial charge in [-0.25, -0.2) is 4.52 Å². The van der Waals surface area contributed by atoms with Crippen molar-refractivity contribution in [1.82, 2.24) is 19.8 Å². The van der Waals surface area contributed by atoms with Crippen LogP contribution >= 0.6 is 0 Å². The predicted molar refractivity (Wildman–Crippen MR) is 126 cm³/mol. The third-order valence-electron chi connectivity index (χ3n) is 7.40. The Hall–Kier alpha value is -3.08. The van der Waals surface area contributed by atoms with Crippen molar-refractivity contribution in [2.75, 3.05) is 42.5 Å². The molecule has 3 aliphatic rings. The maximum Gasteiger partial charge on any atom is 0.142 e. The number of anilines is 2. The first-order valence-electron chi connectivity index (χ1n) is 11.6. The van der Waals surface area contributed by atoms with Crippen molar-refractivity contribution in [2.24, 2.45) is 0 Å². The van der Waals surface area contributed by atoms with Crippen LogP contribution in [-0.2, 0) is 6.54 Å². The van der Waals surface area contributed by atoms with Crippen molar-refractivity contribution in [1.29, 1.82) is 5.26 Å². The summed E-state index contributed by atoms with van der Waals surface area (Å²) in [7, 11) is 0. The second-order valence-electron chi connectivity index (χ2n) is 9.47. The van der Waals surface area contributed by atoms with Gasteiger partial charge in [0.05, 0.1) is 23.4 Å². The third-order valence-corrected chi connectivity index (χ3v) is 7.40. The molecule has 0 amide bonds. The van der Waals surface area contributed by atoms with Gasteiger partial charge < -0.3 is 15.1 Å². The van der Waals surface area contributed by atoms with Crippen molar-refractivity contribution < 1.29 is 0 Å². The maximum absolute atomic E-state index is 9.42. The summed E-state index contributed by atoms with van der Waals surface area (Å²) in [5.41, 5.74) is 7.03. The highest BCUT2D eigenvalue weighted by Gasteiger charge is 2.39. The summed E-state index contributed by atoms with van der Waals surface area (Å²) in [5.74, 6) is 0. The van der Waals surface area contributed by atoms with Gasteiger partial charge in [0.25, 0.3) is 0 Å². The molecule has 2 fully saturated rings. The molecule has 2 aromatic heterocycles. The number of pyridine rings is 1. The number of fused-ring (bicyclic) bond motifs is 4. The zero-order valence-electron chi connectivity index (χ0n) is 18.7. The number of nitriles is 1. The van der Waals surface area contributed by atoms with Crippen LogP contribution in [0, 0.1) is 11.3 Å². The van der Waals surface area contributed by atoms with Crippen LogP contribution in [0.15, 0.2) is 42.6 Å². The minimum Gasteiger partial charge on any atom is -0.369 e. The average Bonchev–Trinajstić information content (AvgIpc) is 3.43. The van der Waals surface area contributed by atoms with Crippen LogP contribution in [0.25, 0.3) is 5.52 Å². The Bertz CT molecular complexity index is 1210. The Kier molecular flexibility index (Phi) is 4.60. The van der Waals surface area contributed by atoms with E-state index in [1.165, 1.54) is 16.8 Å². The summed E-state index contributed by atoms with van der Waals surface area (Å²) < 4.78 is 1.76. The van der Waals surface area contributed by atoms with Crippen LogP contribution < -0.4 is 15.1 Å². The number of rotatable bonds is 2. The third kappa shape index (κ3) is 3.06. The van der Waals surface area contributed by atoms with Crippen LogP contribution in [0.3, 0.4) is 0 Å². The number of nitrogens with one attached hydrogen (secondary N) is 1. The van der Waals surface area contributed by atoms with Crippen molar-refractivity contribution in [3.8, 4) is 6.07 Å². The molecule has 0 bridgehead atoms. The molecule has 1 aromatic carbocycles. The summed E-state index contributed by atoms with van der Waals surface area (Å²) in [6.45, 7) is 10.7. The minimum atomic E-state index is 0.392. The van der Waals surface area contributed by atoms with Crippen LogP contribution in [0.5, 0.6) is 0 Å². The number of piperazine rings is 2. The van der Waals surface area contributed by atoms with E-state index in [9.17, 15) is 5.26 Å². The summed E-state index contributed by atoms with van der Waals surface area (Å²) >= 11 is 0. The van der Waals surface area contributed by atoms with Gasteiger partial charge in [-0.1, -0.05) is 6.07 Å². The van der Waals surface area contributed by atoms with Gasteiger partial charge in [-0.15, -0.1) is 0 Å². The van der Waals surface area contributed by atoms with Crippen LogP contribution in [0.4, 0.5) is 11.4 Å². The Morgan fingerprint density at radius 1 is 1.06 bits per heavy atom. The van der Waals surface area contributed by atoms with Gasteiger partial charge in [0.15, 0.2) is 0 Å². The molecule has 3 atom stereocenters. The molecule has 2 saturated heterocycles. The van der Waals surface area contributed by atoms with E-state index in [-0.39, 0.29) is 0 Å². The van der Waals surface area contributed by atoms with Gasteiger partial charge in [-0.2, -0.15) is 10.4 Å². The average molecular weight is 428 g/mol. The first-order valence-corrected chi connectivity index (χ1v) is 11.6. The molecule has 32 heavy (non-hydrogen) atoms. The Balaban J connectivity index is 1.31. The zero-order chi connectivity index (χ0) is 21.8. The molecule has 0 unspecified atom stereocenters. The molecule has 0 radical (unpaired) electrons. The van der Waals surface area contributed by atoms with Crippen molar-refractivity contribution >= 4 is 16.9 Å². The lowest BCUT2D eigenvalue weighted by atomic mass is 10.00. The molecule has 3 aliphatic heterocycles. The van der Waals surface area contributed by atoms with E-state index in [2.05, 4.69) is 69.3 Å². The number of hydrogen-bond acceptors (Lipinski definition) is 6.